The summed E-state index contributed by atoms with van der Waals surface area (Å²) < 4.78 is 0. The van der Waals surface area contributed by atoms with Gasteiger partial charge in [-0.15, -0.1) is 0 Å². The number of nitrogens with zero attached hydrogens (tertiary/aromatic N) is 1. The van der Waals surface area contributed by atoms with Crippen molar-refractivity contribution in [2.45, 2.75) is 32.3 Å². The Morgan fingerprint density at radius 1 is 1.38 bits per heavy atom. The monoisotopic (exact) mass is 187 g/mol. The molecule has 0 radical (unpaired) electrons. The van der Waals surface area contributed by atoms with Crippen LogP contribution in [0.15, 0.2) is 0 Å². The van der Waals surface area contributed by atoms with E-state index >= 15 is 0 Å². The minimum absolute atomic E-state index is 0.150. The lowest BCUT2D eigenvalue weighted by Crippen LogP contribution is -2.43. The van der Waals surface area contributed by atoms with E-state index in [2.05, 4.69) is 11.8 Å². The third kappa shape index (κ3) is 3.63. The lowest BCUT2D eigenvalue weighted by molar-refractivity contribution is 0.0282. The second-order valence-corrected chi connectivity index (χ2v) is 4.06. The van der Waals surface area contributed by atoms with Crippen molar-refractivity contribution in [2.75, 3.05) is 26.2 Å². The van der Waals surface area contributed by atoms with E-state index in [-0.39, 0.29) is 12.7 Å². The molecule has 0 aromatic carbocycles. The zero-order valence-corrected chi connectivity index (χ0v) is 8.45. The number of piperidine rings is 1. The summed E-state index contributed by atoms with van der Waals surface area (Å²) in [6.45, 7) is 5.32. The number of unbranched alkanes of at least 4 members (excludes halogenated alkanes) is 1. The van der Waals surface area contributed by atoms with Crippen LogP contribution in [0.25, 0.3) is 0 Å². The van der Waals surface area contributed by atoms with Crippen molar-refractivity contribution in [3.05, 3.63) is 0 Å². The predicted molar refractivity (Wildman–Crippen MR) is 52.5 cm³/mol. The molecule has 1 rings (SSSR count). The largest absolute Gasteiger partial charge is 0.396 e. The average Bonchev–Trinajstić information content (AvgIpc) is 2.12. The van der Waals surface area contributed by atoms with Crippen LogP contribution in [0.2, 0.25) is 0 Å². The van der Waals surface area contributed by atoms with Crippen molar-refractivity contribution in [3.63, 3.8) is 0 Å². The van der Waals surface area contributed by atoms with Gasteiger partial charge in [0.05, 0.1) is 6.10 Å². The molecular weight excluding hydrogens is 166 g/mol. The number of rotatable bonds is 4. The first kappa shape index (κ1) is 11.0. The summed E-state index contributed by atoms with van der Waals surface area (Å²) in [7, 11) is 0. The molecule has 1 heterocycles. The molecule has 3 heteroatoms. The summed E-state index contributed by atoms with van der Waals surface area (Å²) in [6.07, 6.45) is 2.86. The Bertz CT molecular complexity index is 141. The third-order valence-electron chi connectivity index (χ3n) is 2.89. The lowest BCUT2D eigenvalue weighted by atomic mass is 9.96. The fourth-order valence-electron chi connectivity index (χ4n) is 1.76. The van der Waals surface area contributed by atoms with E-state index in [1.807, 2.05) is 0 Å². The molecule has 78 valence electrons. The van der Waals surface area contributed by atoms with Crippen molar-refractivity contribution in [2.24, 2.45) is 5.92 Å². The Morgan fingerprint density at radius 2 is 2.15 bits per heavy atom. The molecular formula is C10H21NO2. The van der Waals surface area contributed by atoms with Crippen molar-refractivity contribution in [1.29, 1.82) is 0 Å². The van der Waals surface area contributed by atoms with Gasteiger partial charge in [-0.2, -0.15) is 0 Å². The molecule has 1 aliphatic heterocycles. The highest BCUT2D eigenvalue weighted by atomic mass is 16.3. The molecule has 2 atom stereocenters. The van der Waals surface area contributed by atoms with Crippen LogP contribution in [-0.2, 0) is 0 Å². The molecule has 2 unspecified atom stereocenters. The predicted octanol–water partition coefficient (Wildman–Crippen LogP) is 0.462. The van der Waals surface area contributed by atoms with Gasteiger partial charge in [-0.3, -0.25) is 0 Å². The summed E-state index contributed by atoms with van der Waals surface area (Å²) in [5.74, 6) is 0.453. The average molecular weight is 187 g/mol. The van der Waals surface area contributed by atoms with E-state index in [4.69, 9.17) is 5.11 Å². The molecule has 0 aromatic rings. The third-order valence-corrected chi connectivity index (χ3v) is 2.89. The minimum Gasteiger partial charge on any atom is -0.396 e. The Balaban J connectivity index is 2.14. The fourth-order valence-corrected chi connectivity index (χ4v) is 1.76. The lowest BCUT2D eigenvalue weighted by Gasteiger charge is -2.34. The highest BCUT2D eigenvalue weighted by molar-refractivity contribution is 4.76. The number of likely N-dealkylation sites (tertiary alicyclic amines) is 1. The molecule has 0 amide bonds. The van der Waals surface area contributed by atoms with Crippen molar-refractivity contribution in [1.82, 2.24) is 4.90 Å². The maximum Gasteiger partial charge on any atom is 0.0693 e. The maximum absolute atomic E-state index is 9.61. The highest BCUT2D eigenvalue weighted by Gasteiger charge is 2.23. The Morgan fingerprint density at radius 3 is 2.77 bits per heavy atom. The van der Waals surface area contributed by atoms with Gasteiger partial charge in [-0.05, 0) is 38.3 Å². The van der Waals surface area contributed by atoms with Gasteiger partial charge in [0.1, 0.15) is 0 Å². The Hall–Kier alpha value is -0.120. The van der Waals surface area contributed by atoms with Crippen molar-refractivity contribution in [3.8, 4) is 0 Å². The van der Waals surface area contributed by atoms with Crippen LogP contribution in [0.3, 0.4) is 0 Å². The first-order valence-corrected chi connectivity index (χ1v) is 5.25. The van der Waals surface area contributed by atoms with E-state index in [1.165, 1.54) is 0 Å². The van der Waals surface area contributed by atoms with E-state index < -0.39 is 0 Å². The van der Waals surface area contributed by atoms with Crippen LogP contribution < -0.4 is 0 Å². The summed E-state index contributed by atoms with van der Waals surface area (Å²) >= 11 is 0. The summed E-state index contributed by atoms with van der Waals surface area (Å²) in [5, 5.41) is 18.2. The van der Waals surface area contributed by atoms with Crippen LogP contribution in [-0.4, -0.2) is 47.5 Å². The van der Waals surface area contributed by atoms with Crippen molar-refractivity contribution >= 4 is 0 Å². The van der Waals surface area contributed by atoms with E-state index in [0.717, 1.165) is 38.9 Å². The van der Waals surface area contributed by atoms with Gasteiger partial charge in [0.15, 0.2) is 0 Å². The van der Waals surface area contributed by atoms with Gasteiger partial charge in [0.2, 0.25) is 0 Å². The molecule has 1 saturated heterocycles. The SMILES string of the molecule is CC1CCN(CCCCO)CC1O. The molecule has 13 heavy (non-hydrogen) atoms. The van der Waals surface area contributed by atoms with Gasteiger partial charge >= 0.3 is 0 Å². The minimum atomic E-state index is -0.150. The van der Waals surface area contributed by atoms with Crippen LogP contribution in [0.5, 0.6) is 0 Å². The first-order chi connectivity index (χ1) is 6.24. The van der Waals surface area contributed by atoms with Gasteiger partial charge < -0.3 is 15.1 Å². The van der Waals surface area contributed by atoms with Crippen LogP contribution in [0.4, 0.5) is 0 Å². The summed E-state index contributed by atoms with van der Waals surface area (Å²) in [4.78, 5) is 2.29. The molecule has 1 fully saturated rings. The van der Waals surface area contributed by atoms with Gasteiger partial charge in [-0.1, -0.05) is 6.92 Å². The molecule has 1 aliphatic rings. The van der Waals surface area contributed by atoms with Crippen LogP contribution in [0, 0.1) is 5.92 Å². The van der Waals surface area contributed by atoms with Crippen LogP contribution >= 0.6 is 0 Å². The van der Waals surface area contributed by atoms with E-state index in [0.29, 0.717) is 5.92 Å². The van der Waals surface area contributed by atoms with Gasteiger partial charge in [0.25, 0.3) is 0 Å². The summed E-state index contributed by atoms with van der Waals surface area (Å²) in [5.41, 5.74) is 0. The van der Waals surface area contributed by atoms with Crippen molar-refractivity contribution < 1.29 is 10.2 Å². The topological polar surface area (TPSA) is 43.7 Å². The quantitative estimate of drug-likeness (QED) is 0.628. The molecule has 2 N–H and O–H groups in total. The van der Waals surface area contributed by atoms with Gasteiger partial charge in [0, 0.05) is 13.2 Å². The number of aliphatic hydroxyl groups excluding tert-OH is 2. The summed E-state index contributed by atoms with van der Waals surface area (Å²) in [6, 6.07) is 0. The van der Waals surface area contributed by atoms with Gasteiger partial charge in [-0.25, -0.2) is 0 Å². The molecule has 0 aromatic heterocycles. The second-order valence-electron chi connectivity index (χ2n) is 4.06. The smallest absolute Gasteiger partial charge is 0.0693 e. The molecule has 0 spiro atoms. The standard InChI is InChI=1S/C10H21NO2/c1-9-4-6-11(8-10(9)13)5-2-3-7-12/h9-10,12-13H,2-8H2,1H3. The normalized spacial score (nSPS) is 30.7. The number of hydrogen-bond donors (Lipinski definition) is 2. The first-order valence-electron chi connectivity index (χ1n) is 5.25. The number of aliphatic hydroxyl groups is 2. The zero-order chi connectivity index (χ0) is 9.68. The van der Waals surface area contributed by atoms with E-state index in [1.54, 1.807) is 0 Å². The second kappa shape index (κ2) is 5.58. The van der Waals surface area contributed by atoms with Crippen LogP contribution in [0.1, 0.15) is 26.2 Å². The number of β-amino-alcohol motifs (C(OH)–C–C–N with tert-alkyl or cyclic N) is 1. The molecule has 0 saturated carbocycles. The highest BCUT2D eigenvalue weighted by Crippen LogP contribution is 2.16. The maximum atomic E-state index is 9.61. The Labute approximate surface area is 80.4 Å². The fraction of sp³-hybridized carbons (Fsp3) is 1.00. The molecule has 3 nitrogen and oxygen atoms in total. The number of hydrogen-bond acceptors (Lipinski definition) is 3. The molecule has 0 bridgehead atoms. The van der Waals surface area contributed by atoms with E-state index in [9.17, 15) is 5.11 Å². The molecule has 0 aliphatic carbocycles. The Kier molecular flexibility index (Phi) is 4.70. The zero-order valence-electron chi connectivity index (χ0n) is 8.45.